The van der Waals surface area contributed by atoms with Gasteiger partial charge in [0.2, 0.25) is 0 Å². The Labute approximate surface area is 109 Å². The number of thioether (sulfide) groups is 1. The van der Waals surface area contributed by atoms with Crippen LogP contribution in [0.5, 0.6) is 0 Å². The molecule has 17 heavy (non-hydrogen) atoms. The fraction of sp³-hybridized carbons (Fsp3) is 1.00. The highest BCUT2D eigenvalue weighted by atomic mass is 32.2. The van der Waals surface area contributed by atoms with E-state index in [-0.39, 0.29) is 5.60 Å². The lowest BCUT2D eigenvalue weighted by Gasteiger charge is -2.41. The fourth-order valence-electron chi connectivity index (χ4n) is 3.89. The number of rotatable bonds is 3. The largest absolute Gasteiger partial charge is 0.374 e. The second-order valence-electron chi connectivity index (χ2n) is 6.28. The van der Waals surface area contributed by atoms with E-state index in [2.05, 4.69) is 31.1 Å². The molecule has 98 valence electrons. The molecular weight excluding hydrogens is 230 g/mol. The van der Waals surface area contributed by atoms with Gasteiger partial charge in [-0.05, 0) is 56.2 Å². The van der Waals surface area contributed by atoms with Crippen LogP contribution in [0.15, 0.2) is 0 Å². The summed E-state index contributed by atoms with van der Waals surface area (Å²) in [6, 6.07) is 0.747. The summed E-state index contributed by atoms with van der Waals surface area (Å²) in [4.78, 5) is 0. The molecule has 0 aromatic carbocycles. The molecule has 1 saturated carbocycles. The van der Waals surface area contributed by atoms with Crippen LogP contribution >= 0.6 is 11.8 Å². The molecule has 0 aromatic rings. The van der Waals surface area contributed by atoms with E-state index in [1.807, 2.05) is 0 Å². The average molecular weight is 255 g/mol. The third-order valence-corrected chi connectivity index (χ3v) is 6.30. The predicted octanol–water partition coefficient (Wildman–Crippen LogP) is 2.53. The molecule has 0 amide bonds. The summed E-state index contributed by atoms with van der Waals surface area (Å²) in [5.41, 5.74) is 0.251. The van der Waals surface area contributed by atoms with Crippen LogP contribution in [0.1, 0.15) is 32.6 Å². The van der Waals surface area contributed by atoms with Crippen LogP contribution < -0.4 is 5.32 Å². The quantitative estimate of drug-likeness (QED) is 0.837. The smallest absolute Gasteiger partial charge is 0.0783 e. The van der Waals surface area contributed by atoms with Gasteiger partial charge < -0.3 is 10.1 Å². The molecule has 5 atom stereocenters. The van der Waals surface area contributed by atoms with E-state index in [1.54, 1.807) is 0 Å². The number of hydrogen-bond acceptors (Lipinski definition) is 3. The molecule has 2 aliphatic heterocycles. The molecule has 3 heteroatoms. The van der Waals surface area contributed by atoms with Crippen molar-refractivity contribution in [3.05, 3.63) is 0 Å². The Kier molecular flexibility index (Phi) is 3.44. The van der Waals surface area contributed by atoms with E-state index in [1.165, 1.54) is 37.2 Å². The Bertz CT molecular complexity index is 277. The fourth-order valence-corrected chi connectivity index (χ4v) is 5.26. The number of hydrogen-bond donors (Lipinski definition) is 1. The first-order chi connectivity index (χ1) is 8.24. The summed E-state index contributed by atoms with van der Waals surface area (Å²) in [6.45, 7) is 3.39. The molecule has 0 aromatic heterocycles. The summed E-state index contributed by atoms with van der Waals surface area (Å²) in [6.07, 6.45) is 5.28. The minimum absolute atomic E-state index is 0.251. The number of nitrogens with one attached hydrogen (secondary N) is 1. The van der Waals surface area contributed by atoms with E-state index in [0.717, 1.165) is 30.4 Å². The molecule has 2 heterocycles. The Morgan fingerprint density at radius 2 is 2.29 bits per heavy atom. The third kappa shape index (κ3) is 2.39. The zero-order valence-electron chi connectivity index (χ0n) is 11.1. The molecule has 1 spiro atoms. The van der Waals surface area contributed by atoms with Gasteiger partial charge in [0.05, 0.1) is 5.60 Å². The maximum absolute atomic E-state index is 6.13. The zero-order valence-corrected chi connectivity index (χ0v) is 11.9. The van der Waals surface area contributed by atoms with Crippen LogP contribution in [0.4, 0.5) is 0 Å². The van der Waals surface area contributed by atoms with Gasteiger partial charge in [-0.2, -0.15) is 11.8 Å². The normalized spacial score (nSPS) is 47.3. The van der Waals surface area contributed by atoms with Crippen molar-refractivity contribution >= 4 is 11.8 Å². The summed E-state index contributed by atoms with van der Waals surface area (Å²) in [5, 5.41) is 3.61. The van der Waals surface area contributed by atoms with Crippen molar-refractivity contribution in [3.63, 3.8) is 0 Å². The topological polar surface area (TPSA) is 21.3 Å². The van der Waals surface area contributed by atoms with Gasteiger partial charge >= 0.3 is 0 Å². The number of ether oxygens (including phenoxy) is 1. The van der Waals surface area contributed by atoms with Gasteiger partial charge in [-0.15, -0.1) is 0 Å². The van der Waals surface area contributed by atoms with Crippen LogP contribution in [0, 0.1) is 17.8 Å². The highest BCUT2D eigenvalue weighted by molar-refractivity contribution is 7.99. The first-order valence-corrected chi connectivity index (χ1v) is 8.28. The summed E-state index contributed by atoms with van der Waals surface area (Å²) in [7, 11) is 2.15. The van der Waals surface area contributed by atoms with Gasteiger partial charge in [0.1, 0.15) is 0 Å². The van der Waals surface area contributed by atoms with E-state index in [0.29, 0.717) is 0 Å². The molecule has 2 nitrogen and oxygen atoms in total. The minimum Gasteiger partial charge on any atom is -0.374 e. The van der Waals surface area contributed by atoms with Gasteiger partial charge in [0.25, 0.3) is 0 Å². The van der Waals surface area contributed by atoms with Gasteiger partial charge in [-0.25, -0.2) is 0 Å². The Hall–Kier alpha value is 0.270. The van der Waals surface area contributed by atoms with Crippen LogP contribution in [0.25, 0.3) is 0 Å². The predicted molar refractivity (Wildman–Crippen MR) is 73.5 cm³/mol. The SMILES string of the molecule is CNC(C1CCOC2(CCSC2)C1)C1CC1C. The van der Waals surface area contributed by atoms with Crippen molar-refractivity contribution in [3.8, 4) is 0 Å². The van der Waals surface area contributed by atoms with Crippen molar-refractivity contribution in [1.29, 1.82) is 0 Å². The van der Waals surface area contributed by atoms with Crippen molar-refractivity contribution in [2.24, 2.45) is 17.8 Å². The Morgan fingerprint density at radius 1 is 1.47 bits per heavy atom. The van der Waals surface area contributed by atoms with Gasteiger partial charge in [-0.3, -0.25) is 0 Å². The molecule has 5 unspecified atom stereocenters. The summed E-state index contributed by atoms with van der Waals surface area (Å²) < 4.78 is 6.13. The first-order valence-electron chi connectivity index (χ1n) is 7.13. The highest BCUT2D eigenvalue weighted by Gasteiger charge is 2.47. The standard InChI is InChI=1S/C14H25NOS/c1-10-7-12(10)13(15-2)11-3-5-16-14(8-11)4-6-17-9-14/h10-13,15H,3-9H2,1-2H3. The van der Waals surface area contributed by atoms with Crippen LogP contribution in [-0.2, 0) is 4.74 Å². The molecular formula is C14H25NOS. The van der Waals surface area contributed by atoms with Crippen molar-refractivity contribution in [2.45, 2.75) is 44.2 Å². The summed E-state index contributed by atoms with van der Waals surface area (Å²) in [5.74, 6) is 5.28. The second kappa shape index (κ2) is 4.75. The van der Waals surface area contributed by atoms with E-state index in [9.17, 15) is 0 Å². The van der Waals surface area contributed by atoms with Gasteiger partial charge in [0.15, 0.2) is 0 Å². The van der Waals surface area contributed by atoms with E-state index < -0.39 is 0 Å². The molecule has 3 fully saturated rings. The Morgan fingerprint density at radius 3 is 2.88 bits per heavy atom. The monoisotopic (exact) mass is 255 g/mol. The van der Waals surface area contributed by atoms with Gasteiger partial charge in [-0.1, -0.05) is 6.92 Å². The van der Waals surface area contributed by atoms with Crippen molar-refractivity contribution < 1.29 is 4.74 Å². The molecule has 0 bridgehead atoms. The zero-order chi connectivity index (χ0) is 11.9. The lowest BCUT2D eigenvalue weighted by Crippen LogP contribution is -2.47. The maximum Gasteiger partial charge on any atom is 0.0783 e. The van der Waals surface area contributed by atoms with Crippen molar-refractivity contribution in [2.75, 3.05) is 25.2 Å². The average Bonchev–Trinajstić information content (AvgIpc) is 2.87. The first kappa shape index (κ1) is 12.3. The molecule has 0 radical (unpaired) electrons. The highest BCUT2D eigenvalue weighted by Crippen LogP contribution is 2.48. The minimum atomic E-state index is 0.251. The molecule has 3 aliphatic rings. The molecule has 2 saturated heterocycles. The van der Waals surface area contributed by atoms with E-state index in [4.69, 9.17) is 4.74 Å². The van der Waals surface area contributed by atoms with Crippen LogP contribution in [0.2, 0.25) is 0 Å². The van der Waals surface area contributed by atoms with Crippen LogP contribution in [-0.4, -0.2) is 36.8 Å². The second-order valence-corrected chi connectivity index (χ2v) is 7.38. The van der Waals surface area contributed by atoms with E-state index >= 15 is 0 Å². The molecule has 1 aliphatic carbocycles. The van der Waals surface area contributed by atoms with Gasteiger partial charge in [0, 0.05) is 18.4 Å². The lowest BCUT2D eigenvalue weighted by atomic mass is 9.79. The lowest BCUT2D eigenvalue weighted by molar-refractivity contribution is -0.0861. The summed E-state index contributed by atoms with van der Waals surface area (Å²) >= 11 is 2.08. The Balaban J connectivity index is 1.66. The molecule has 1 N–H and O–H groups in total. The molecule has 3 rings (SSSR count). The van der Waals surface area contributed by atoms with Crippen molar-refractivity contribution in [1.82, 2.24) is 5.32 Å². The van der Waals surface area contributed by atoms with Crippen LogP contribution in [0.3, 0.4) is 0 Å². The third-order valence-electron chi connectivity index (χ3n) is 5.07. The maximum atomic E-state index is 6.13.